The Hall–Kier alpha value is -2.83. The van der Waals surface area contributed by atoms with Gasteiger partial charge in [-0.3, -0.25) is 9.59 Å². The number of hydrogen-bond acceptors (Lipinski definition) is 3. The Morgan fingerprint density at radius 3 is 2.81 bits per heavy atom. The van der Waals surface area contributed by atoms with Crippen molar-refractivity contribution >= 4 is 52.1 Å². The van der Waals surface area contributed by atoms with Crippen LogP contribution in [-0.4, -0.2) is 29.6 Å². The number of carbonyl (C=O) groups excluding carboxylic acids is 2. The van der Waals surface area contributed by atoms with Gasteiger partial charge >= 0.3 is 0 Å². The first-order valence-electron chi connectivity index (χ1n) is 7.66. The highest BCUT2D eigenvalue weighted by atomic mass is 35.5. The van der Waals surface area contributed by atoms with Gasteiger partial charge in [0.2, 0.25) is 0 Å². The molecule has 0 aliphatic heterocycles. The Balaban J connectivity index is 1.54. The fourth-order valence-electron chi connectivity index (χ4n) is 2.34. The van der Waals surface area contributed by atoms with E-state index in [1.807, 2.05) is 24.3 Å². The smallest absolute Gasteiger partial charge is 0.259 e. The van der Waals surface area contributed by atoms with Crippen LogP contribution in [0, 0.1) is 0 Å². The fraction of sp³-hybridized carbons (Fsp3) is 0.0556. The number of para-hydroxylation sites is 1. The van der Waals surface area contributed by atoms with E-state index < -0.39 is 11.8 Å². The lowest BCUT2D eigenvalue weighted by atomic mass is 10.2. The van der Waals surface area contributed by atoms with E-state index >= 15 is 0 Å². The van der Waals surface area contributed by atoms with Crippen LogP contribution in [0.25, 0.3) is 10.9 Å². The molecule has 0 aliphatic carbocycles. The van der Waals surface area contributed by atoms with E-state index in [1.54, 1.807) is 12.3 Å². The Kier molecular flexibility index (Phi) is 5.55. The number of H-pyrrole nitrogens is 1. The van der Waals surface area contributed by atoms with E-state index in [2.05, 4.69) is 20.8 Å². The number of aromatic nitrogens is 1. The monoisotopic (exact) mass is 388 g/mol. The first-order valence-corrected chi connectivity index (χ1v) is 8.41. The summed E-state index contributed by atoms with van der Waals surface area (Å²) in [7, 11) is 0. The van der Waals surface area contributed by atoms with Gasteiger partial charge in [-0.25, -0.2) is 5.43 Å². The zero-order valence-corrected chi connectivity index (χ0v) is 14.9. The predicted octanol–water partition coefficient (Wildman–Crippen LogP) is 3.35. The molecule has 132 valence electrons. The standard InChI is InChI=1S/C18H14Cl2N4O2/c19-12-5-6-15(20)14(7-12)18(26)22-10-17(25)24-23-9-11-8-21-16-4-2-1-3-13(11)16/h1-9,21H,10H2,(H,22,26)(H,24,25)/b23-9+. The lowest BCUT2D eigenvalue weighted by Crippen LogP contribution is -2.35. The average molecular weight is 389 g/mol. The van der Waals surface area contributed by atoms with Crippen molar-refractivity contribution < 1.29 is 9.59 Å². The van der Waals surface area contributed by atoms with Crippen molar-refractivity contribution in [3.63, 3.8) is 0 Å². The molecule has 8 heteroatoms. The van der Waals surface area contributed by atoms with Gasteiger partial charge in [-0.15, -0.1) is 0 Å². The molecule has 3 N–H and O–H groups in total. The quantitative estimate of drug-likeness (QED) is 0.462. The van der Waals surface area contributed by atoms with Gasteiger partial charge in [0.1, 0.15) is 0 Å². The summed E-state index contributed by atoms with van der Waals surface area (Å²) in [6.07, 6.45) is 3.33. The number of carbonyl (C=O) groups is 2. The summed E-state index contributed by atoms with van der Waals surface area (Å²) in [6, 6.07) is 12.3. The highest BCUT2D eigenvalue weighted by Gasteiger charge is 2.12. The van der Waals surface area contributed by atoms with Gasteiger partial charge in [0.15, 0.2) is 0 Å². The molecule has 2 aromatic carbocycles. The maximum Gasteiger partial charge on any atom is 0.259 e. The number of nitrogens with zero attached hydrogens (tertiary/aromatic N) is 1. The molecule has 26 heavy (non-hydrogen) atoms. The second kappa shape index (κ2) is 8.03. The van der Waals surface area contributed by atoms with Crippen molar-refractivity contribution in [1.29, 1.82) is 0 Å². The third kappa shape index (κ3) is 4.22. The van der Waals surface area contributed by atoms with Gasteiger partial charge in [0, 0.05) is 27.7 Å². The fourth-order valence-corrected chi connectivity index (χ4v) is 2.72. The van der Waals surface area contributed by atoms with Gasteiger partial charge in [-0.05, 0) is 24.3 Å². The molecule has 2 amide bonds. The van der Waals surface area contributed by atoms with Gasteiger partial charge < -0.3 is 10.3 Å². The van der Waals surface area contributed by atoms with Crippen molar-refractivity contribution in [2.45, 2.75) is 0 Å². The average Bonchev–Trinajstić information content (AvgIpc) is 3.05. The number of rotatable bonds is 5. The minimum absolute atomic E-state index is 0.203. The van der Waals surface area contributed by atoms with Crippen molar-refractivity contribution in [2.24, 2.45) is 5.10 Å². The Bertz CT molecular complexity index is 998. The maximum atomic E-state index is 12.1. The molecule has 0 atom stereocenters. The molecule has 3 aromatic rings. The van der Waals surface area contributed by atoms with E-state index in [4.69, 9.17) is 23.2 Å². The second-order valence-electron chi connectivity index (χ2n) is 5.39. The van der Waals surface area contributed by atoms with Crippen LogP contribution in [0.2, 0.25) is 10.0 Å². The SMILES string of the molecule is O=C(CNC(=O)c1cc(Cl)ccc1Cl)N/N=C/c1c[nH]c2ccccc12. The summed E-state index contributed by atoms with van der Waals surface area (Å²) in [5, 5.41) is 8.00. The number of hydrogen-bond donors (Lipinski definition) is 3. The van der Waals surface area contributed by atoms with Gasteiger partial charge in [-0.2, -0.15) is 5.10 Å². The third-order valence-corrected chi connectivity index (χ3v) is 4.16. The van der Waals surface area contributed by atoms with Gasteiger partial charge in [0.25, 0.3) is 11.8 Å². The molecule has 1 aromatic heterocycles. The highest BCUT2D eigenvalue weighted by molar-refractivity contribution is 6.35. The normalized spacial score (nSPS) is 11.0. The van der Waals surface area contributed by atoms with Crippen LogP contribution in [0.4, 0.5) is 0 Å². The molecule has 1 heterocycles. The third-order valence-electron chi connectivity index (χ3n) is 3.60. The van der Waals surface area contributed by atoms with Crippen molar-refractivity contribution in [1.82, 2.24) is 15.7 Å². The zero-order chi connectivity index (χ0) is 18.5. The molecule has 0 spiro atoms. The topological polar surface area (TPSA) is 86.3 Å². The molecule has 3 rings (SSSR count). The molecular weight excluding hydrogens is 375 g/mol. The molecule has 6 nitrogen and oxygen atoms in total. The first kappa shape index (κ1) is 18.0. The second-order valence-corrected chi connectivity index (χ2v) is 6.23. The number of nitrogens with one attached hydrogen (secondary N) is 3. The number of halogens is 2. The summed E-state index contributed by atoms with van der Waals surface area (Å²) >= 11 is 11.8. The summed E-state index contributed by atoms with van der Waals surface area (Å²) < 4.78 is 0. The number of amides is 2. The highest BCUT2D eigenvalue weighted by Crippen LogP contribution is 2.20. The lowest BCUT2D eigenvalue weighted by molar-refractivity contribution is -0.120. The van der Waals surface area contributed by atoms with Crippen LogP contribution >= 0.6 is 23.2 Å². The Labute approximate surface area is 159 Å². The van der Waals surface area contributed by atoms with E-state index in [-0.39, 0.29) is 17.1 Å². The van der Waals surface area contributed by atoms with E-state index in [0.717, 1.165) is 16.5 Å². The minimum atomic E-state index is -0.492. The van der Waals surface area contributed by atoms with E-state index in [0.29, 0.717) is 5.02 Å². The van der Waals surface area contributed by atoms with E-state index in [1.165, 1.54) is 18.3 Å². The summed E-state index contributed by atoms with van der Waals surface area (Å²) in [4.78, 5) is 27.0. The number of aromatic amines is 1. The number of benzene rings is 2. The predicted molar refractivity (Wildman–Crippen MR) is 103 cm³/mol. The van der Waals surface area contributed by atoms with Crippen LogP contribution in [-0.2, 0) is 4.79 Å². The van der Waals surface area contributed by atoms with Gasteiger partial charge in [0.05, 0.1) is 23.3 Å². The summed E-state index contributed by atoms with van der Waals surface area (Å²) in [5.74, 6) is -0.958. The molecule has 0 fully saturated rings. The van der Waals surface area contributed by atoms with Crippen molar-refractivity contribution in [3.8, 4) is 0 Å². The lowest BCUT2D eigenvalue weighted by Gasteiger charge is -2.06. The van der Waals surface area contributed by atoms with Crippen LogP contribution < -0.4 is 10.7 Å². The Morgan fingerprint density at radius 1 is 1.15 bits per heavy atom. The molecule has 0 bridgehead atoms. The minimum Gasteiger partial charge on any atom is -0.361 e. The molecule has 0 saturated heterocycles. The molecular formula is C18H14Cl2N4O2. The first-order chi connectivity index (χ1) is 12.5. The maximum absolute atomic E-state index is 12.1. The summed E-state index contributed by atoms with van der Waals surface area (Å²) in [5.41, 5.74) is 4.39. The van der Waals surface area contributed by atoms with Crippen LogP contribution in [0.3, 0.4) is 0 Å². The number of fused-ring (bicyclic) bond motifs is 1. The van der Waals surface area contributed by atoms with Crippen molar-refractivity contribution in [3.05, 3.63) is 69.8 Å². The van der Waals surface area contributed by atoms with Crippen LogP contribution in [0.5, 0.6) is 0 Å². The summed E-state index contributed by atoms with van der Waals surface area (Å²) in [6.45, 7) is -0.243. The van der Waals surface area contributed by atoms with Crippen LogP contribution in [0.15, 0.2) is 53.8 Å². The van der Waals surface area contributed by atoms with Crippen molar-refractivity contribution in [2.75, 3.05) is 6.54 Å². The largest absolute Gasteiger partial charge is 0.361 e. The Morgan fingerprint density at radius 2 is 1.96 bits per heavy atom. The zero-order valence-electron chi connectivity index (χ0n) is 13.4. The number of hydrazone groups is 1. The van der Waals surface area contributed by atoms with E-state index in [9.17, 15) is 9.59 Å². The molecule has 0 radical (unpaired) electrons. The van der Waals surface area contributed by atoms with Gasteiger partial charge in [-0.1, -0.05) is 41.4 Å². The van der Waals surface area contributed by atoms with Crippen LogP contribution in [0.1, 0.15) is 15.9 Å². The molecule has 0 saturated carbocycles. The molecule has 0 aliphatic rings. The molecule has 0 unspecified atom stereocenters.